The molecule has 2 rings (SSSR count). The van der Waals surface area contributed by atoms with Gasteiger partial charge in [-0.15, -0.1) is 11.8 Å². The molecule has 21 heavy (non-hydrogen) atoms. The number of hydrogen-bond acceptors (Lipinski definition) is 7. The third-order valence-corrected chi connectivity index (χ3v) is 4.91. The van der Waals surface area contributed by atoms with Gasteiger partial charge in [0.05, 0.1) is 10.6 Å². The Morgan fingerprint density at radius 1 is 1.24 bits per heavy atom. The first kappa shape index (κ1) is 15.5. The van der Waals surface area contributed by atoms with Crippen LogP contribution in [0.25, 0.3) is 0 Å². The minimum absolute atomic E-state index is 0.173. The molecule has 0 saturated carbocycles. The van der Waals surface area contributed by atoms with E-state index in [2.05, 4.69) is 20.0 Å². The molecule has 2 aromatic rings. The van der Waals surface area contributed by atoms with Crippen molar-refractivity contribution in [2.45, 2.75) is 9.79 Å². The zero-order valence-corrected chi connectivity index (χ0v) is 13.1. The maximum Gasteiger partial charge on any atom is 0.240 e. The van der Waals surface area contributed by atoms with Crippen LogP contribution in [-0.4, -0.2) is 31.7 Å². The highest BCUT2D eigenvalue weighted by Crippen LogP contribution is 2.30. The van der Waals surface area contributed by atoms with E-state index >= 15 is 0 Å². The van der Waals surface area contributed by atoms with Crippen LogP contribution >= 0.6 is 11.8 Å². The van der Waals surface area contributed by atoms with Crippen molar-refractivity contribution in [3.8, 4) is 0 Å². The molecule has 0 fully saturated rings. The quantitative estimate of drug-likeness (QED) is 0.713. The summed E-state index contributed by atoms with van der Waals surface area (Å²) in [4.78, 5) is 8.92. The van der Waals surface area contributed by atoms with Gasteiger partial charge in [-0.1, -0.05) is 0 Å². The number of thioether (sulfide) groups is 1. The molecule has 1 aromatic carbocycles. The number of benzene rings is 1. The molecule has 1 aromatic heterocycles. The summed E-state index contributed by atoms with van der Waals surface area (Å²) in [6.45, 7) is 0. The Balaban J connectivity index is 2.43. The van der Waals surface area contributed by atoms with Gasteiger partial charge in [-0.2, -0.15) is 0 Å². The van der Waals surface area contributed by atoms with Crippen molar-refractivity contribution in [2.24, 2.45) is 0 Å². The van der Waals surface area contributed by atoms with Gasteiger partial charge in [0, 0.05) is 11.0 Å². The van der Waals surface area contributed by atoms with Crippen molar-refractivity contribution in [3.05, 3.63) is 30.6 Å². The standard InChI is InChI=1S/C12H15N5O2S2/c1-14-21(18,19)8-3-4-10(20-2)9(5-8)17-12-6-11(13)15-7-16-12/h3-7,14H,1-2H3,(H3,13,15,16,17). The first-order valence-corrected chi connectivity index (χ1v) is 8.63. The molecule has 7 nitrogen and oxygen atoms in total. The van der Waals surface area contributed by atoms with Gasteiger partial charge in [0.2, 0.25) is 10.0 Å². The SMILES string of the molecule is CNS(=O)(=O)c1ccc(SC)c(Nc2cc(N)ncn2)c1. The number of anilines is 3. The average Bonchev–Trinajstić information content (AvgIpc) is 2.47. The van der Waals surface area contributed by atoms with E-state index in [0.29, 0.717) is 17.3 Å². The summed E-state index contributed by atoms with van der Waals surface area (Å²) in [6, 6.07) is 6.41. The lowest BCUT2D eigenvalue weighted by Crippen LogP contribution is -2.18. The molecule has 0 aliphatic rings. The predicted octanol–water partition coefficient (Wildman–Crippen LogP) is 1.43. The van der Waals surface area contributed by atoms with E-state index in [9.17, 15) is 8.42 Å². The maximum atomic E-state index is 11.9. The van der Waals surface area contributed by atoms with Crippen LogP contribution in [0.5, 0.6) is 0 Å². The van der Waals surface area contributed by atoms with Gasteiger partial charge in [0.25, 0.3) is 0 Å². The van der Waals surface area contributed by atoms with E-state index in [1.165, 1.54) is 25.1 Å². The van der Waals surface area contributed by atoms with E-state index in [0.717, 1.165) is 4.90 Å². The fourth-order valence-corrected chi connectivity index (χ4v) is 2.94. The second-order valence-electron chi connectivity index (χ2n) is 4.02. The predicted molar refractivity (Wildman–Crippen MR) is 84.2 cm³/mol. The van der Waals surface area contributed by atoms with E-state index in [4.69, 9.17) is 5.73 Å². The molecule has 0 amide bonds. The molecule has 0 spiro atoms. The van der Waals surface area contributed by atoms with E-state index in [1.54, 1.807) is 24.3 Å². The lowest BCUT2D eigenvalue weighted by molar-refractivity contribution is 0.588. The number of hydrogen-bond donors (Lipinski definition) is 3. The number of nitrogens with two attached hydrogens (primary N) is 1. The number of sulfonamides is 1. The number of aromatic nitrogens is 2. The first-order valence-electron chi connectivity index (χ1n) is 5.92. The summed E-state index contributed by atoms with van der Waals surface area (Å²) >= 11 is 1.49. The highest BCUT2D eigenvalue weighted by molar-refractivity contribution is 7.98. The Bertz CT molecular complexity index is 749. The van der Waals surface area contributed by atoms with Crippen LogP contribution in [0.3, 0.4) is 0 Å². The summed E-state index contributed by atoms with van der Waals surface area (Å²) in [6.07, 6.45) is 3.24. The third kappa shape index (κ3) is 3.63. The molecule has 0 aliphatic carbocycles. The van der Waals surface area contributed by atoms with Gasteiger partial charge >= 0.3 is 0 Å². The van der Waals surface area contributed by atoms with Crippen molar-refractivity contribution in [3.63, 3.8) is 0 Å². The molecule has 0 saturated heterocycles. The van der Waals surface area contributed by atoms with E-state index in [-0.39, 0.29) is 4.90 Å². The van der Waals surface area contributed by atoms with Gasteiger partial charge in [-0.3, -0.25) is 0 Å². The highest BCUT2D eigenvalue weighted by Gasteiger charge is 2.14. The zero-order valence-electron chi connectivity index (χ0n) is 11.5. The fourth-order valence-electron chi connectivity index (χ4n) is 1.65. The summed E-state index contributed by atoms with van der Waals surface area (Å²) in [5.41, 5.74) is 6.24. The van der Waals surface area contributed by atoms with Crippen LogP contribution in [0.1, 0.15) is 0 Å². The Kier molecular flexibility index (Phi) is 4.66. The number of rotatable bonds is 5. The monoisotopic (exact) mass is 325 g/mol. The van der Waals surface area contributed by atoms with Crippen LogP contribution in [0.4, 0.5) is 17.3 Å². The van der Waals surface area contributed by atoms with Gasteiger partial charge in [0.15, 0.2) is 0 Å². The molecule has 0 aliphatic heterocycles. The minimum atomic E-state index is -3.50. The van der Waals surface area contributed by atoms with Crippen LogP contribution in [-0.2, 0) is 10.0 Å². The van der Waals surface area contributed by atoms with Gasteiger partial charge < -0.3 is 11.1 Å². The topological polar surface area (TPSA) is 110 Å². The summed E-state index contributed by atoms with van der Waals surface area (Å²) in [5.74, 6) is 0.828. The van der Waals surface area contributed by atoms with Crippen LogP contribution in [0.2, 0.25) is 0 Å². The van der Waals surface area contributed by atoms with Gasteiger partial charge in [-0.25, -0.2) is 23.1 Å². The lowest BCUT2D eigenvalue weighted by atomic mass is 10.3. The number of nitrogen functional groups attached to an aromatic ring is 1. The Morgan fingerprint density at radius 3 is 2.62 bits per heavy atom. The molecule has 9 heteroatoms. The lowest BCUT2D eigenvalue weighted by Gasteiger charge is -2.12. The number of nitrogens with one attached hydrogen (secondary N) is 2. The second-order valence-corrected chi connectivity index (χ2v) is 6.76. The highest BCUT2D eigenvalue weighted by atomic mass is 32.2. The van der Waals surface area contributed by atoms with Crippen molar-refractivity contribution in [1.82, 2.24) is 14.7 Å². The molecular formula is C12H15N5O2S2. The van der Waals surface area contributed by atoms with Crippen molar-refractivity contribution >= 4 is 39.1 Å². The fraction of sp³-hybridized carbons (Fsp3) is 0.167. The second kappa shape index (κ2) is 6.29. The number of nitrogens with zero attached hydrogens (tertiary/aromatic N) is 2. The average molecular weight is 325 g/mol. The minimum Gasteiger partial charge on any atom is -0.384 e. The Labute approximate surface area is 127 Å². The normalized spacial score (nSPS) is 11.3. The Hall–Kier alpha value is -1.84. The molecule has 112 valence electrons. The van der Waals surface area contributed by atoms with Crippen LogP contribution < -0.4 is 15.8 Å². The van der Waals surface area contributed by atoms with E-state index < -0.39 is 10.0 Å². The molecule has 0 bridgehead atoms. The van der Waals surface area contributed by atoms with E-state index in [1.807, 2.05) is 6.26 Å². The van der Waals surface area contributed by atoms with Crippen molar-refractivity contribution in [2.75, 3.05) is 24.4 Å². The van der Waals surface area contributed by atoms with Crippen LogP contribution in [0.15, 0.2) is 40.4 Å². The smallest absolute Gasteiger partial charge is 0.240 e. The largest absolute Gasteiger partial charge is 0.384 e. The van der Waals surface area contributed by atoms with Crippen molar-refractivity contribution in [1.29, 1.82) is 0 Å². The summed E-state index contributed by atoms with van der Waals surface area (Å²) < 4.78 is 26.0. The van der Waals surface area contributed by atoms with Gasteiger partial charge in [0.1, 0.15) is 18.0 Å². The molecular weight excluding hydrogens is 310 g/mol. The molecule has 1 heterocycles. The van der Waals surface area contributed by atoms with Crippen LogP contribution in [0, 0.1) is 0 Å². The first-order chi connectivity index (χ1) is 9.96. The molecule has 0 radical (unpaired) electrons. The zero-order chi connectivity index (χ0) is 15.5. The summed E-state index contributed by atoms with van der Waals surface area (Å²) in [7, 11) is -2.13. The molecule has 0 atom stereocenters. The molecule has 4 N–H and O–H groups in total. The summed E-state index contributed by atoms with van der Waals surface area (Å²) in [5, 5.41) is 3.06. The van der Waals surface area contributed by atoms with Gasteiger partial charge in [-0.05, 0) is 31.5 Å². The Morgan fingerprint density at radius 2 is 2.00 bits per heavy atom. The third-order valence-electron chi connectivity index (χ3n) is 2.70. The van der Waals surface area contributed by atoms with Crippen molar-refractivity contribution < 1.29 is 8.42 Å². The maximum absolute atomic E-state index is 11.9. The molecule has 0 unspecified atom stereocenters.